The fourth-order valence-corrected chi connectivity index (χ4v) is 2.76. The molecule has 1 aromatic carbocycles. The molecule has 0 aliphatic rings. The average molecular weight is 356 g/mol. The van der Waals surface area contributed by atoms with E-state index in [0.717, 1.165) is 28.5 Å². The van der Waals surface area contributed by atoms with Crippen LogP contribution in [-0.2, 0) is 11.4 Å². The number of hydrogen-bond acceptors (Lipinski definition) is 6. The highest BCUT2D eigenvalue weighted by molar-refractivity contribution is 5.90. The number of H-pyrrole nitrogens is 1. The molecule has 0 aliphatic heterocycles. The van der Waals surface area contributed by atoms with Crippen molar-refractivity contribution in [3.05, 3.63) is 47.6 Å². The third-order valence-corrected chi connectivity index (χ3v) is 3.99. The quantitative estimate of drug-likeness (QED) is 0.300. The van der Waals surface area contributed by atoms with Crippen molar-refractivity contribution >= 4 is 23.0 Å². The molecule has 26 heavy (non-hydrogen) atoms. The zero-order chi connectivity index (χ0) is 18.7. The Morgan fingerprint density at radius 3 is 2.92 bits per heavy atom. The van der Waals surface area contributed by atoms with E-state index in [-0.39, 0.29) is 18.6 Å². The molecule has 0 fully saturated rings. The van der Waals surface area contributed by atoms with Crippen LogP contribution in [0, 0.1) is 5.92 Å². The van der Waals surface area contributed by atoms with Crippen LogP contribution in [0.5, 0.6) is 0 Å². The molecule has 2 aromatic heterocycles. The molecule has 136 valence electrons. The molecule has 0 radical (unpaired) electrons. The molecule has 0 spiro atoms. The summed E-state index contributed by atoms with van der Waals surface area (Å²) in [6, 6.07) is 5.39. The number of nitrogens with zero attached hydrogens (tertiary/aromatic N) is 4. The fraction of sp³-hybridized carbons (Fsp3) is 0.294. The molecule has 0 aliphatic carbocycles. The van der Waals surface area contributed by atoms with Crippen molar-refractivity contribution in [1.82, 2.24) is 30.4 Å². The molecule has 1 atom stereocenters. The van der Waals surface area contributed by atoms with Crippen molar-refractivity contribution in [1.29, 1.82) is 0 Å². The number of imidazole rings is 1. The third kappa shape index (κ3) is 3.63. The van der Waals surface area contributed by atoms with Gasteiger partial charge in [0, 0.05) is 6.08 Å². The summed E-state index contributed by atoms with van der Waals surface area (Å²) in [5, 5.41) is 26.0. The van der Waals surface area contributed by atoms with Gasteiger partial charge in [0.15, 0.2) is 0 Å². The van der Waals surface area contributed by atoms with Gasteiger partial charge in [0.05, 0.1) is 23.8 Å². The van der Waals surface area contributed by atoms with Gasteiger partial charge in [-0.25, -0.2) is 15.1 Å². The van der Waals surface area contributed by atoms with E-state index in [4.69, 9.17) is 5.21 Å². The van der Waals surface area contributed by atoms with Gasteiger partial charge in [0.25, 0.3) is 5.91 Å². The van der Waals surface area contributed by atoms with Crippen LogP contribution in [0.4, 0.5) is 0 Å². The van der Waals surface area contributed by atoms with E-state index in [1.165, 1.54) is 11.6 Å². The summed E-state index contributed by atoms with van der Waals surface area (Å²) in [4.78, 5) is 19.0. The number of aromatic amines is 1. The lowest BCUT2D eigenvalue weighted by Crippen LogP contribution is -2.18. The molecule has 9 heteroatoms. The van der Waals surface area contributed by atoms with Crippen LogP contribution in [-0.4, -0.2) is 41.2 Å². The molecule has 0 saturated carbocycles. The summed E-state index contributed by atoms with van der Waals surface area (Å²) in [6.07, 6.45) is 4.33. The molecule has 3 rings (SSSR count). The minimum absolute atomic E-state index is 0.0297. The summed E-state index contributed by atoms with van der Waals surface area (Å²) >= 11 is 0. The van der Waals surface area contributed by atoms with Crippen LogP contribution in [0.3, 0.4) is 0 Å². The van der Waals surface area contributed by atoms with Crippen molar-refractivity contribution in [3.63, 3.8) is 0 Å². The summed E-state index contributed by atoms with van der Waals surface area (Å²) < 4.78 is 1.69. The highest BCUT2D eigenvalue weighted by Crippen LogP contribution is 2.26. The number of nitrogens with one attached hydrogen (secondary N) is 2. The number of aliphatic hydroxyl groups excluding tert-OH is 1. The number of amides is 1. The third-order valence-electron chi connectivity index (χ3n) is 3.99. The Bertz CT molecular complexity index is 943. The minimum atomic E-state index is -0.642. The maximum Gasteiger partial charge on any atom is 0.267 e. The lowest BCUT2D eigenvalue weighted by atomic mass is 10.0. The first-order chi connectivity index (χ1) is 12.5. The molecule has 1 unspecified atom stereocenters. The number of hydrogen-bond donors (Lipinski definition) is 4. The number of fused-ring (bicyclic) bond motifs is 1. The Morgan fingerprint density at radius 1 is 1.42 bits per heavy atom. The summed E-state index contributed by atoms with van der Waals surface area (Å²) in [5.74, 6) is 0.266. The molecule has 2 heterocycles. The summed E-state index contributed by atoms with van der Waals surface area (Å²) in [5.41, 5.74) is 4.47. The largest absolute Gasteiger partial charge is 0.392 e. The van der Waals surface area contributed by atoms with Crippen LogP contribution >= 0.6 is 0 Å². The van der Waals surface area contributed by atoms with Crippen molar-refractivity contribution in [3.8, 4) is 0 Å². The van der Waals surface area contributed by atoms with Gasteiger partial charge in [-0.3, -0.25) is 10.0 Å². The Morgan fingerprint density at radius 2 is 2.23 bits per heavy atom. The first kappa shape index (κ1) is 17.8. The molecule has 0 saturated heterocycles. The van der Waals surface area contributed by atoms with E-state index >= 15 is 0 Å². The Balaban J connectivity index is 1.94. The Labute approximate surface area is 149 Å². The second kappa shape index (κ2) is 7.46. The lowest BCUT2D eigenvalue weighted by molar-refractivity contribution is -0.124. The minimum Gasteiger partial charge on any atom is -0.392 e. The SMILES string of the molecule is CC(C)C(c1nc2ccc(CO)cc2[nH]1)n1cc(C=CC(=O)NO)nn1. The maximum absolute atomic E-state index is 11.1. The van der Waals surface area contributed by atoms with Gasteiger partial charge in [0.2, 0.25) is 0 Å². The second-order valence-electron chi connectivity index (χ2n) is 6.25. The molecular formula is C17H20N6O3. The molecular weight excluding hydrogens is 336 g/mol. The van der Waals surface area contributed by atoms with Crippen LogP contribution in [0.15, 0.2) is 30.5 Å². The van der Waals surface area contributed by atoms with Gasteiger partial charge in [-0.05, 0) is 29.7 Å². The smallest absolute Gasteiger partial charge is 0.267 e. The standard InChI is InChI=1S/C17H20N6O3/c1-10(2)16(23-8-12(20-22-23)4-6-15(25)21-26)17-18-13-5-3-11(9-24)7-14(13)19-17/h3-8,10,16,24,26H,9H2,1-2H3,(H,18,19)(H,21,25). The van der Waals surface area contributed by atoms with Crippen molar-refractivity contribution in [2.75, 3.05) is 0 Å². The van der Waals surface area contributed by atoms with Crippen LogP contribution in [0.25, 0.3) is 17.1 Å². The van der Waals surface area contributed by atoms with Gasteiger partial charge < -0.3 is 10.1 Å². The van der Waals surface area contributed by atoms with Crippen LogP contribution in [0.2, 0.25) is 0 Å². The zero-order valence-electron chi connectivity index (χ0n) is 14.4. The predicted molar refractivity (Wildman–Crippen MR) is 94.0 cm³/mol. The normalized spacial score (nSPS) is 13.0. The molecule has 3 aromatic rings. The number of rotatable bonds is 6. The van der Waals surface area contributed by atoms with Crippen LogP contribution < -0.4 is 5.48 Å². The van der Waals surface area contributed by atoms with Crippen molar-refractivity contribution < 1.29 is 15.1 Å². The number of hydroxylamine groups is 1. The summed E-state index contributed by atoms with van der Waals surface area (Å²) in [7, 11) is 0. The van der Waals surface area contributed by atoms with E-state index in [1.54, 1.807) is 10.9 Å². The van der Waals surface area contributed by atoms with Gasteiger partial charge in [-0.15, -0.1) is 5.10 Å². The Kier molecular flexibility index (Phi) is 5.10. The van der Waals surface area contributed by atoms with Crippen LogP contribution in [0.1, 0.15) is 37.0 Å². The highest BCUT2D eigenvalue weighted by atomic mass is 16.5. The van der Waals surface area contributed by atoms with Gasteiger partial charge in [0.1, 0.15) is 17.6 Å². The Hall–Kier alpha value is -3.04. The molecule has 1 amide bonds. The molecule has 0 bridgehead atoms. The van der Waals surface area contributed by atoms with Gasteiger partial charge in [-0.1, -0.05) is 25.1 Å². The first-order valence-electron chi connectivity index (χ1n) is 8.15. The van der Waals surface area contributed by atoms with Crippen molar-refractivity contribution in [2.24, 2.45) is 5.92 Å². The number of aromatic nitrogens is 5. The van der Waals surface area contributed by atoms with Crippen molar-refractivity contribution in [2.45, 2.75) is 26.5 Å². The number of aliphatic hydroxyl groups is 1. The lowest BCUT2D eigenvalue weighted by Gasteiger charge is -2.18. The predicted octanol–water partition coefficient (Wildman–Crippen LogP) is 1.41. The average Bonchev–Trinajstić information content (AvgIpc) is 3.25. The van der Waals surface area contributed by atoms with E-state index < -0.39 is 5.91 Å². The maximum atomic E-state index is 11.1. The molecule has 4 N–H and O–H groups in total. The second-order valence-corrected chi connectivity index (χ2v) is 6.25. The van der Waals surface area contributed by atoms with Gasteiger partial charge in [-0.2, -0.15) is 0 Å². The monoisotopic (exact) mass is 356 g/mol. The van der Waals surface area contributed by atoms with E-state index in [0.29, 0.717) is 5.69 Å². The summed E-state index contributed by atoms with van der Waals surface area (Å²) in [6.45, 7) is 4.07. The number of carbonyl (C=O) groups excluding carboxylic acids is 1. The zero-order valence-corrected chi connectivity index (χ0v) is 14.4. The first-order valence-corrected chi connectivity index (χ1v) is 8.15. The fourth-order valence-electron chi connectivity index (χ4n) is 2.76. The number of benzene rings is 1. The van der Waals surface area contributed by atoms with E-state index in [1.807, 2.05) is 32.0 Å². The molecule has 9 nitrogen and oxygen atoms in total. The highest BCUT2D eigenvalue weighted by Gasteiger charge is 2.23. The van der Waals surface area contributed by atoms with E-state index in [9.17, 15) is 9.90 Å². The van der Waals surface area contributed by atoms with Gasteiger partial charge >= 0.3 is 0 Å². The number of carbonyl (C=O) groups is 1. The topological polar surface area (TPSA) is 129 Å². The van der Waals surface area contributed by atoms with E-state index in [2.05, 4.69) is 20.3 Å².